The number of carbonyl (C=O) groups is 1. The summed E-state index contributed by atoms with van der Waals surface area (Å²) in [7, 11) is -3.57. The highest BCUT2D eigenvalue weighted by Crippen LogP contribution is 2.25. The summed E-state index contributed by atoms with van der Waals surface area (Å²) in [6.45, 7) is 0.890. The van der Waals surface area contributed by atoms with E-state index in [1.807, 2.05) is 18.2 Å². The van der Waals surface area contributed by atoms with Gasteiger partial charge >= 0.3 is 0 Å². The van der Waals surface area contributed by atoms with Crippen LogP contribution in [0.15, 0.2) is 83.9 Å². The maximum absolute atomic E-state index is 13.1. The van der Waals surface area contributed by atoms with Gasteiger partial charge in [0, 0.05) is 25.3 Å². The van der Waals surface area contributed by atoms with Crippen LogP contribution < -0.4 is 9.46 Å². The van der Waals surface area contributed by atoms with Gasteiger partial charge in [0.2, 0.25) is 15.9 Å². The zero-order chi connectivity index (χ0) is 21.7. The molecule has 4 rings (SSSR count). The van der Waals surface area contributed by atoms with E-state index in [1.54, 1.807) is 65.7 Å². The second-order valence-electron chi connectivity index (χ2n) is 7.27. The molecule has 7 nitrogen and oxygen atoms in total. The van der Waals surface area contributed by atoms with Gasteiger partial charge in [0.25, 0.3) is 5.91 Å². The Hall–Kier alpha value is -3.23. The van der Waals surface area contributed by atoms with Crippen molar-refractivity contribution in [2.24, 2.45) is 0 Å². The molecule has 0 aliphatic carbocycles. The average Bonchev–Trinajstić information content (AvgIpc) is 2.81. The number of pyridine rings is 1. The Kier molecular flexibility index (Phi) is 6.29. The Labute approximate surface area is 181 Å². The number of ether oxygens (including phenoxy) is 1. The Morgan fingerprint density at radius 3 is 2.26 bits per heavy atom. The van der Waals surface area contributed by atoms with Gasteiger partial charge in [0.05, 0.1) is 4.90 Å². The van der Waals surface area contributed by atoms with Crippen molar-refractivity contribution in [2.45, 2.75) is 23.8 Å². The van der Waals surface area contributed by atoms with Crippen LogP contribution in [-0.2, 0) is 10.0 Å². The molecule has 1 amide bonds. The van der Waals surface area contributed by atoms with Gasteiger partial charge < -0.3 is 9.64 Å². The molecule has 0 radical (unpaired) electrons. The quantitative estimate of drug-likeness (QED) is 0.638. The van der Waals surface area contributed by atoms with E-state index < -0.39 is 10.0 Å². The largest absolute Gasteiger partial charge is 0.438 e. The minimum atomic E-state index is -3.57. The van der Waals surface area contributed by atoms with Gasteiger partial charge in [-0.3, -0.25) is 4.79 Å². The van der Waals surface area contributed by atoms with E-state index in [0.717, 1.165) is 0 Å². The van der Waals surface area contributed by atoms with E-state index in [-0.39, 0.29) is 22.7 Å². The average molecular weight is 438 g/mol. The first kappa shape index (κ1) is 21.0. The van der Waals surface area contributed by atoms with E-state index in [4.69, 9.17) is 4.74 Å². The van der Waals surface area contributed by atoms with Crippen molar-refractivity contribution in [1.29, 1.82) is 0 Å². The molecular weight excluding hydrogens is 414 g/mol. The Balaban J connectivity index is 1.40. The fourth-order valence-corrected chi connectivity index (χ4v) is 4.82. The molecule has 0 atom stereocenters. The molecule has 1 fully saturated rings. The molecule has 3 aromatic rings. The minimum Gasteiger partial charge on any atom is -0.438 e. The van der Waals surface area contributed by atoms with E-state index in [0.29, 0.717) is 37.2 Å². The van der Waals surface area contributed by atoms with Crippen LogP contribution in [0.2, 0.25) is 0 Å². The van der Waals surface area contributed by atoms with Crippen molar-refractivity contribution < 1.29 is 17.9 Å². The van der Waals surface area contributed by atoms with Crippen molar-refractivity contribution in [1.82, 2.24) is 14.6 Å². The second kappa shape index (κ2) is 9.28. The molecule has 1 aliphatic rings. The number of carbonyl (C=O) groups excluding carboxylic acids is 1. The van der Waals surface area contributed by atoms with Gasteiger partial charge in [-0.1, -0.05) is 36.4 Å². The van der Waals surface area contributed by atoms with Crippen molar-refractivity contribution in [3.63, 3.8) is 0 Å². The zero-order valence-electron chi connectivity index (χ0n) is 16.8. The summed E-state index contributed by atoms with van der Waals surface area (Å²) >= 11 is 0. The molecule has 1 aliphatic heterocycles. The van der Waals surface area contributed by atoms with E-state index in [2.05, 4.69) is 9.71 Å². The number of sulfonamides is 1. The molecule has 8 heteroatoms. The normalized spacial score (nSPS) is 14.9. The van der Waals surface area contributed by atoms with E-state index in [9.17, 15) is 13.2 Å². The van der Waals surface area contributed by atoms with Gasteiger partial charge in [0.1, 0.15) is 11.3 Å². The van der Waals surface area contributed by atoms with Crippen LogP contribution in [-0.4, -0.2) is 43.3 Å². The van der Waals surface area contributed by atoms with Gasteiger partial charge in [-0.15, -0.1) is 0 Å². The molecule has 1 aromatic heterocycles. The van der Waals surface area contributed by atoms with Gasteiger partial charge in [-0.2, -0.15) is 0 Å². The number of rotatable bonds is 6. The highest BCUT2D eigenvalue weighted by atomic mass is 32.2. The summed E-state index contributed by atoms with van der Waals surface area (Å²) in [6.07, 6.45) is 2.65. The molecule has 0 saturated carbocycles. The fourth-order valence-electron chi connectivity index (χ4n) is 3.49. The number of amides is 1. The molecular formula is C23H23N3O4S. The van der Waals surface area contributed by atoms with Crippen LogP contribution in [0, 0.1) is 0 Å². The van der Waals surface area contributed by atoms with Gasteiger partial charge in [-0.25, -0.2) is 18.1 Å². The predicted molar refractivity (Wildman–Crippen MR) is 116 cm³/mol. The number of para-hydroxylation sites is 1. The van der Waals surface area contributed by atoms with Crippen molar-refractivity contribution in [3.05, 3.63) is 84.6 Å². The van der Waals surface area contributed by atoms with Crippen molar-refractivity contribution in [2.75, 3.05) is 13.1 Å². The third-order valence-electron chi connectivity index (χ3n) is 5.12. The summed E-state index contributed by atoms with van der Waals surface area (Å²) in [5.41, 5.74) is 0.384. The minimum absolute atomic E-state index is 0.177. The number of benzene rings is 2. The molecule has 160 valence electrons. The number of hydrogen-bond acceptors (Lipinski definition) is 5. The summed E-state index contributed by atoms with van der Waals surface area (Å²) in [5.74, 6) is 0.679. The van der Waals surface area contributed by atoms with Crippen LogP contribution in [0.1, 0.15) is 23.2 Å². The lowest BCUT2D eigenvalue weighted by atomic mass is 10.1. The van der Waals surface area contributed by atoms with Gasteiger partial charge in [0.15, 0.2) is 0 Å². The molecule has 31 heavy (non-hydrogen) atoms. The van der Waals surface area contributed by atoms with Crippen LogP contribution in [0.25, 0.3) is 0 Å². The third-order valence-corrected chi connectivity index (χ3v) is 6.65. The molecule has 2 heterocycles. The highest BCUT2D eigenvalue weighted by Gasteiger charge is 2.28. The first-order chi connectivity index (χ1) is 15.0. The lowest BCUT2D eigenvalue weighted by Crippen LogP contribution is -2.46. The first-order valence-electron chi connectivity index (χ1n) is 10.1. The highest BCUT2D eigenvalue weighted by molar-refractivity contribution is 7.89. The number of likely N-dealkylation sites (tertiary alicyclic amines) is 1. The first-order valence-corrected chi connectivity index (χ1v) is 11.6. The summed E-state index contributed by atoms with van der Waals surface area (Å²) in [4.78, 5) is 19.3. The smallest absolute Gasteiger partial charge is 0.259 e. The zero-order valence-corrected chi connectivity index (χ0v) is 17.7. The summed E-state index contributed by atoms with van der Waals surface area (Å²) in [6, 6.07) is 20.6. The molecule has 0 unspecified atom stereocenters. The third kappa shape index (κ3) is 5.10. The topological polar surface area (TPSA) is 88.6 Å². The maximum Gasteiger partial charge on any atom is 0.259 e. The molecule has 0 bridgehead atoms. The van der Waals surface area contributed by atoms with Gasteiger partial charge in [-0.05, 0) is 49.2 Å². The Bertz CT molecular complexity index is 1130. The summed E-state index contributed by atoms with van der Waals surface area (Å²) in [5, 5.41) is 0. The lowest BCUT2D eigenvalue weighted by Gasteiger charge is -2.32. The number of nitrogens with zero attached hydrogens (tertiary/aromatic N) is 2. The van der Waals surface area contributed by atoms with Crippen molar-refractivity contribution >= 4 is 15.9 Å². The number of hydrogen-bond donors (Lipinski definition) is 1. The van der Waals surface area contributed by atoms with Crippen LogP contribution in [0.5, 0.6) is 11.6 Å². The number of piperidine rings is 1. The molecule has 2 aromatic carbocycles. The van der Waals surface area contributed by atoms with Crippen LogP contribution in [0.4, 0.5) is 0 Å². The molecule has 0 spiro atoms. The molecule has 1 saturated heterocycles. The van der Waals surface area contributed by atoms with Crippen molar-refractivity contribution in [3.8, 4) is 11.6 Å². The SMILES string of the molecule is O=C(c1cccnc1Oc1ccccc1)N1CCC(NS(=O)(=O)c2ccccc2)CC1. The Morgan fingerprint density at radius 2 is 1.58 bits per heavy atom. The standard InChI is InChI=1S/C23H23N3O4S/c27-23(21-12-7-15-24-22(21)30-19-8-3-1-4-9-19)26-16-13-18(14-17-26)25-31(28,29)20-10-5-2-6-11-20/h1-12,15,18,25H,13-14,16-17H2. The second-order valence-corrected chi connectivity index (χ2v) is 8.99. The number of nitrogens with one attached hydrogen (secondary N) is 1. The van der Waals surface area contributed by atoms with E-state index >= 15 is 0 Å². The molecule has 1 N–H and O–H groups in total. The fraction of sp³-hybridized carbons (Fsp3) is 0.217. The maximum atomic E-state index is 13.1. The lowest BCUT2D eigenvalue weighted by molar-refractivity contribution is 0.0708. The van der Waals surface area contributed by atoms with Crippen LogP contribution in [0.3, 0.4) is 0 Å². The van der Waals surface area contributed by atoms with Crippen LogP contribution >= 0.6 is 0 Å². The summed E-state index contributed by atoms with van der Waals surface area (Å²) < 4.78 is 33.6. The predicted octanol–water partition coefficient (Wildman–Crippen LogP) is 3.46. The number of aromatic nitrogens is 1. The monoisotopic (exact) mass is 437 g/mol. The van der Waals surface area contributed by atoms with E-state index in [1.165, 1.54) is 0 Å². The Morgan fingerprint density at radius 1 is 0.935 bits per heavy atom.